The Morgan fingerprint density at radius 3 is 2.40 bits per heavy atom. The van der Waals surface area contributed by atoms with Gasteiger partial charge in [0.25, 0.3) is 5.91 Å². The Balaban J connectivity index is 1.87. The van der Waals surface area contributed by atoms with E-state index in [9.17, 15) is 9.59 Å². The van der Waals surface area contributed by atoms with Crippen molar-refractivity contribution in [3.8, 4) is 0 Å². The van der Waals surface area contributed by atoms with Gasteiger partial charge in [0, 0.05) is 11.6 Å². The highest BCUT2D eigenvalue weighted by atomic mass is 35.5. The normalized spacial score (nSPS) is 21.4. The minimum atomic E-state index is -0.630. The number of nitrogens with one attached hydrogen (secondary N) is 1. The number of carbonyl (C=O) groups is 2. The van der Waals surface area contributed by atoms with Crippen LogP contribution in [0.2, 0.25) is 5.02 Å². The van der Waals surface area contributed by atoms with Crippen LogP contribution in [0.1, 0.15) is 37.7 Å². The molecule has 1 spiro atoms. The lowest BCUT2D eigenvalue weighted by molar-refractivity contribution is -0.128. The van der Waals surface area contributed by atoms with Crippen molar-refractivity contribution in [2.45, 2.75) is 44.2 Å². The van der Waals surface area contributed by atoms with Gasteiger partial charge in [-0.05, 0) is 30.5 Å². The Labute approximate surface area is 123 Å². The summed E-state index contributed by atoms with van der Waals surface area (Å²) in [5.74, 6) is -0.129. The zero-order valence-corrected chi connectivity index (χ0v) is 11.9. The molecular formula is C15H17ClN2O2. The van der Waals surface area contributed by atoms with Crippen LogP contribution < -0.4 is 5.32 Å². The summed E-state index contributed by atoms with van der Waals surface area (Å²) in [6.07, 6.45) is 4.66. The molecule has 1 aromatic rings. The number of imide groups is 1. The molecule has 2 fully saturated rings. The number of hydrogen-bond acceptors (Lipinski definition) is 2. The molecule has 0 atom stereocenters. The van der Waals surface area contributed by atoms with Crippen molar-refractivity contribution in [1.29, 1.82) is 0 Å². The van der Waals surface area contributed by atoms with E-state index >= 15 is 0 Å². The fourth-order valence-electron chi connectivity index (χ4n) is 3.23. The summed E-state index contributed by atoms with van der Waals surface area (Å²) >= 11 is 5.88. The van der Waals surface area contributed by atoms with Crippen molar-refractivity contribution in [2.75, 3.05) is 0 Å². The molecule has 0 aromatic heterocycles. The van der Waals surface area contributed by atoms with Crippen molar-refractivity contribution in [2.24, 2.45) is 0 Å². The third kappa shape index (κ3) is 2.18. The van der Waals surface area contributed by atoms with E-state index in [0.29, 0.717) is 11.6 Å². The standard InChI is InChI=1S/C15H17ClN2O2/c16-12-6-4-11(5-7-12)10-18-14(20)17-13(19)15(18)8-2-1-3-9-15/h4-7H,1-3,8-10H2,(H,17,19,20). The predicted molar refractivity (Wildman–Crippen MR) is 76.3 cm³/mol. The van der Waals surface area contributed by atoms with E-state index in [0.717, 1.165) is 37.7 Å². The molecule has 1 aliphatic carbocycles. The van der Waals surface area contributed by atoms with Crippen LogP contribution in [0.15, 0.2) is 24.3 Å². The molecular weight excluding hydrogens is 276 g/mol. The minimum absolute atomic E-state index is 0.129. The Kier molecular flexibility index (Phi) is 3.42. The maximum atomic E-state index is 12.2. The zero-order chi connectivity index (χ0) is 14.2. The lowest BCUT2D eigenvalue weighted by Gasteiger charge is -2.38. The van der Waals surface area contributed by atoms with Crippen molar-refractivity contribution < 1.29 is 9.59 Å². The highest BCUT2D eigenvalue weighted by Crippen LogP contribution is 2.38. The van der Waals surface area contributed by atoms with Crippen LogP contribution in [-0.2, 0) is 11.3 Å². The highest BCUT2D eigenvalue weighted by Gasteiger charge is 2.52. The number of carbonyl (C=O) groups excluding carboxylic acids is 2. The Morgan fingerprint density at radius 1 is 1.10 bits per heavy atom. The number of hydrogen-bond donors (Lipinski definition) is 1. The third-order valence-electron chi connectivity index (χ3n) is 4.34. The molecule has 3 amide bonds. The van der Waals surface area contributed by atoms with E-state index < -0.39 is 5.54 Å². The van der Waals surface area contributed by atoms with Crippen molar-refractivity contribution in [3.63, 3.8) is 0 Å². The first-order valence-electron chi connectivity index (χ1n) is 6.99. The van der Waals surface area contributed by atoms with Crippen LogP contribution in [0.5, 0.6) is 0 Å². The summed E-state index contributed by atoms with van der Waals surface area (Å²) < 4.78 is 0. The number of rotatable bonds is 2. The summed E-state index contributed by atoms with van der Waals surface area (Å²) in [4.78, 5) is 26.0. The highest BCUT2D eigenvalue weighted by molar-refractivity contribution is 6.30. The van der Waals surface area contributed by atoms with E-state index in [1.54, 1.807) is 17.0 Å². The second-order valence-corrected chi connectivity index (χ2v) is 6.00. The molecule has 4 nitrogen and oxygen atoms in total. The van der Waals surface area contributed by atoms with Gasteiger partial charge >= 0.3 is 6.03 Å². The van der Waals surface area contributed by atoms with Gasteiger partial charge < -0.3 is 4.90 Å². The molecule has 2 aliphatic rings. The fourth-order valence-corrected chi connectivity index (χ4v) is 3.35. The van der Waals surface area contributed by atoms with Gasteiger partial charge in [-0.15, -0.1) is 0 Å². The van der Waals surface area contributed by atoms with Gasteiger partial charge in [0.15, 0.2) is 0 Å². The molecule has 3 rings (SSSR count). The monoisotopic (exact) mass is 292 g/mol. The zero-order valence-electron chi connectivity index (χ0n) is 11.2. The maximum Gasteiger partial charge on any atom is 0.325 e. The molecule has 1 heterocycles. The number of urea groups is 1. The Morgan fingerprint density at radius 2 is 1.75 bits per heavy atom. The molecule has 1 saturated heterocycles. The van der Waals surface area contributed by atoms with Crippen LogP contribution in [0.4, 0.5) is 4.79 Å². The first-order valence-corrected chi connectivity index (χ1v) is 7.37. The van der Waals surface area contributed by atoms with E-state index in [1.165, 1.54) is 0 Å². The Hall–Kier alpha value is -1.55. The van der Waals surface area contributed by atoms with Crippen LogP contribution >= 0.6 is 11.6 Å². The first-order chi connectivity index (χ1) is 9.62. The fraction of sp³-hybridized carbons (Fsp3) is 0.467. The molecule has 5 heteroatoms. The molecule has 0 radical (unpaired) electrons. The van der Waals surface area contributed by atoms with Gasteiger partial charge in [0.05, 0.1) is 0 Å². The second-order valence-electron chi connectivity index (χ2n) is 5.56. The molecule has 1 saturated carbocycles. The number of amides is 3. The van der Waals surface area contributed by atoms with Crippen LogP contribution in [-0.4, -0.2) is 22.4 Å². The number of benzene rings is 1. The lowest BCUT2D eigenvalue weighted by Crippen LogP contribution is -2.50. The molecule has 0 bridgehead atoms. The number of halogens is 1. The summed E-state index contributed by atoms with van der Waals surface area (Å²) in [6.45, 7) is 0.453. The third-order valence-corrected chi connectivity index (χ3v) is 4.59. The molecule has 20 heavy (non-hydrogen) atoms. The largest absolute Gasteiger partial charge is 0.325 e. The first kappa shape index (κ1) is 13.4. The van der Waals surface area contributed by atoms with Crippen molar-refractivity contribution in [3.05, 3.63) is 34.9 Å². The smallest absolute Gasteiger partial charge is 0.305 e. The molecule has 106 valence electrons. The van der Waals surface area contributed by atoms with Gasteiger partial charge in [0.2, 0.25) is 0 Å². The molecule has 1 aliphatic heterocycles. The van der Waals surface area contributed by atoms with Gasteiger partial charge in [-0.1, -0.05) is 43.0 Å². The summed E-state index contributed by atoms with van der Waals surface area (Å²) in [6, 6.07) is 7.14. The van der Waals surface area contributed by atoms with Crippen molar-refractivity contribution in [1.82, 2.24) is 10.2 Å². The maximum absolute atomic E-state index is 12.2. The van der Waals surface area contributed by atoms with Gasteiger partial charge in [-0.25, -0.2) is 4.79 Å². The summed E-state index contributed by atoms with van der Waals surface area (Å²) in [5.41, 5.74) is 0.360. The summed E-state index contributed by atoms with van der Waals surface area (Å²) in [5, 5.41) is 3.15. The molecule has 0 unspecified atom stereocenters. The second kappa shape index (κ2) is 5.09. The molecule has 1 N–H and O–H groups in total. The number of nitrogens with zero attached hydrogens (tertiary/aromatic N) is 1. The minimum Gasteiger partial charge on any atom is -0.305 e. The average molecular weight is 293 g/mol. The van der Waals surface area contributed by atoms with Crippen molar-refractivity contribution >= 4 is 23.5 Å². The van der Waals surface area contributed by atoms with E-state index in [4.69, 9.17) is 11.6 Å². The van der Waals surface area contributed by atoms with Crippen LogP contribution in [0, 0.1) is 0 Å². The van der Waals surface area contributed by atoms with Crippen LogP contribution in [0.25, 0.3) is 0 Å². The summed E-state index contributed by atoms with van der Waals surface area (Å²) in [7, 11) is 0. The van der Waals surface area contributed by atoms with Gasteiger partial charge in [0.1, 0.15) is 5.54 Å². The van der Waals surface area contributed by atoms with E-state index in [-0.39, 0.29) is 11.9 Å². The topological polar surface area (TPSA) is 49.4 Å². The lowest BCUT2D eigenvalue weighted by atomic mass is 9.80. The van der Waals surface area contributed by atoms with E-state index in [2.05, 4.69) is 5.32 Å². The molecule has 1 aromatic carbocycles. The van der Waals surface area contributed by atoms with Gasteiger partial charge in [-0.3, -0.25) is 10.1 Å². The van der Waals surface area contributed by atoms with E-state index in [1.807, 2.05) is 12.1 Å². The SMILES string of the molecule is O=C1NC(=O)C2(CCCCC2)N1Cc1ccc(Cl)cc1. The average Bonchev–Trinajstić information content (AvgIpc) is 2.67. The predicted octanol–water partition coefficient (Wildman–Crippen LogP) is 3.09. The Bertz CT molecular complexity index is 535. The van der Waals surface area contributed by atoms with Gasteiger partial charge in [-0.2, -0.15) is 0 Å². The quantitative estimate of drug-likeness (QED) is 0.852. The van der Waals surface area contributed by atoms with Crippen LogP contribution in [0.3, 0.4) is 0 Å².